The minimum Gasteiger partial charge on any atom is -0.496 e. The summed E-state index contributed by atoms with van der Waals surface area (Å²) in [5.41, 5.74) is 0.396. The van der Waals surface area contributed by atoms with E-state index in [1.54, 1.807) is 13.0 Å². The van der Waals surface area contributed by atoms with E-state index in [2.05, 4.69) is 14.9 Å². The van der Waals surface area contributed by atoms with Gasteiger partial charge in [0.1, 0.15) is 18.0 Å². The molecule has 7 heteroatoms. The first-order chi connectivity index (χ1) is 10.6. The van der Waals surface area contributed by atoms with E-state index in [1.165, 1.54) is 24.8 Å². The van der Waals surface area contributed by atoms with Crippen molar-refractivity contribution in [3.63, 3.8) is 0 Å². The fourth-order valence-corrected chi connectivity index (χ4v) is 2.96. The number of nitrogens with zero attached hydrogens (tertiary/aromatic N) is 4. The van der Waals surface area contributed by atoms with Crippen LogP contribution < -0.4 is 9.80 Å². The maximum Gasteiger partial charge on any atom is 0.261 e. The topological polar surface area (TPSA) is 78.8 Å². The van der Waals surface area contributed by atoms with Crippen LogP contribution in [0.15, 0.2) is 23.7 Å². The second-order valence-electron chi connectivity index (χ2n) is 5.52. The Kier molecular flexibility index (Phi) is 3.98. The molecule has 1 atom stereocenters. The molecule has 7 nitrogen and oxygen atoms in total. The highest BCUT2D eigenvalue weighted by atomic mass is 16.5. The third kappa shape index (κ3) is 2.41. The number of amides is 1. The lowest BCUT2D eigenvalue weighted by Gasteiger charge is -2.28. The molecule has 0 spiro atoms. The van der Waals surface area contributed by atoms with Gasteiger partial charge in [-0.15, -0.1) is 0 Å². The number of carbonyl (C=O) groups excluding carboxylic acids is 1. The van der Waals surface area contributed by atoms with Gasteiger partial charge in [-0.3, -0.25) is 9.69 Å². The number of aliphatic hydroxyl groups is 1. The first-order valence-electron chi connectivity index (χ1n) is 7.47. The molecule has 22 heavy (non-hydrogen) atoms. The molecule has 118 valence electrons. The summed E-state index contributed by atoms with van der Waals surface area (Å²) < 4.78 is 5.12. The smallest absolute Gasteiger partial charge is 0.261 e. The number of anilines is 2. The molecular formula is C15H20N4O3. The Morgan fingerprint density at radius 1 is 1.23 bits per heavy atom. The number of methoxy groups -OCH3 is 1. The van der Waals surface area contributed by atoms with E-state index in [0.29, 0.717) is 11.4 Å². The number of piperidine rings is 1. The Hall–Kier alpha value is -2.15. The average molecular weight is 304 g/mol. The van der Waals surface area contributed by atoms with E-state index >= 15 is 0 Å². The van der Waals surface area contributed by atoms with E-state index in [4.69, 9.17) is 4.74 Å². The zero-order chi connectivity index (χ0) is 15.7. The lowest BCUT2D eigenvalue weighted by Crippen LogP contribution is -2.37. The highest BCUT2D eigenvalue weighted by Gasteiger charge is 2.39. The summed E-state index contributed by atoms with van der Waals surface area (Å²) >= 11 is 0. The summed E-state index contributed by atoms with van der Waals surface area (Å²) in [4.78, 5) is 24.2. The third-order valence-corrected chi connectivity index (χ3v) is 4.17. The monoisotopic (exact) mass is 304 g/mol. The van der Waals surface area contributed by atoms with Gasteiger partial charge in [0, 0.05) is 19.2 Å². The predicted molar refractivity (Wildman–Crippen MR) is 81.3 cm³/mol. The maximum absolute atomic E-state index is 12.3. The van der Waals surface area contributed by atoms with Crippen LogP contribution in [0.25, 0.3) is 0 Å². The highest BCUT2D eigenvalue weighted by molar-refractivity contribution is 6.08. The molecule has 2 aliphatic rings. The van der Waals surface area contributed by atoms with Gasteiger partial charge in [-0.2, -0.15) is 0 Å². The van der Waals surface area contributed by atoms with Crippen LogP contribution >= 0.6 is 0 Å². The summed E-state index contributed by atoms with van der Waals surface area (Å²) in [5.74, 6) is 1.14. The van der Waals surface area contributed by atoms with Crippen LogP contribution in [-0.2, 0) is 9.53 Å². The van der Waals surface area contributed by atoms with Gasteiger partial charge in [0.25, 0.3) is 5.91 Å². The number of aromatic nitrogens is 2. The molecule has 0 aliphatic carbocycles. The van der Waals surface area contributed by atoms with Crippen LogP contribution in [0, 0.1) is 0 Å². The van der Waals surface area contributed by atoms with Crippen LogP contribution in [0.3, 0.4) is 0 Å². The fraction of sp³-hybridized carbons (Fsp3) is 0.533. The molecule has 3 heterocycles. The van der Waals surface area contributed by atoms with Gasteiger partial charge in [-0.05, 0) is 26.2 Å². The minimum absolute atomic E-state index is 0.267. The molecule has 1 N–H and O–H groups in total. The molecule has 0 aromatic carbocycles. The molecule has 1 saturated heterocycles. The van der Waals surface area contributed by atoms with Gasteiger partial charge in [-0.1, -0.05) is 0 Å². The van der Waals surface area contributed by atoms with Crippen LogP contribution in [0.2, 0.25) is 0 Å². The van der Waals surface area contributed by atoms with Crippen molar-refractivity contribution in [2.45, 2.75) is 32.4 Å². The third-order valence-electron chi connectivity index (χ3n) is 4.17. The first-order valence-corrected chi connectivity index (χ1v) is 7.47. The second-order valence-corrected chi connectivity index (χ2v) is 5.52. The molecule has 3 rings (SSSR count). The van der Waals surface area contributed by atoms with Gasteiger partial charge in [0.05, 0.1) is 12.7 Å². The number of aliphatic hydroxyl groups excluding tert-OH is 1. The molecule has 1 aromatic rings. The number of ether oxygens (including phenoxy) is 1. The summed E-state index contributed by atoms with van der Waals surface area (Å²) in [6, 6.07) is 1.75. The molecule has 0 saturated carbocycles. The number of carbonyl (C=O) groups is 1. The van der Waals surface area contributed by atoms with E-state index < -0.39 is 6.23 Å². The quantitative estimate of drug-likeness (QED) is 0.899. The summed E-state index contributed by atoms with van der Waals surface area (Å²) in [6.07, 6.45) is 3.80. The van der Waals surface area contributed by atoms with Crippen molar-refractivity contribution >= 4 is 17.5 Å². The molecule has 1 unspecified atom stereocenters. The van der Waals surface area contributed by atoms with Crippen molar-refractivity contribution in [3.8, 4) is 0 Å². The van der Waals surface area contributed by atoms with E-state index in [-0.39, 0.29) is 11.7 Å². The van der Waals surface area contributed by atoms with Crippen molar-refractivity contribution in [2.24, 2.45) is 0 Å². The summed E-state index contributed by atoms with van der Waals surface area (Å²) in [5, 5.41) is 10.3. The Labute approximate surface area is 129 Å². The van der Waals surface area contributed by atoms with Gasteiger partial charge in [0.15, 0.2) is 12.0 Å². The Morgan fingerprint density at radius 2 is 1.91 bits per heavy atom. The SMILES string of the molecule is COC1=C(C)C(=O)N(c2cc(N3CCCCC3)ncn2)C1O. The van der Waals surface area contributed by atoms with Crippen LogP contribution in [0.1, 0.15) is 26.2 Å². The van der Waals surface area contributed by atoms with Gasteiger partial charge < -0.3 is 14.7 Å². The van der Waals surface area contributed by atoms with Crippen molar-refractivity contribution in [1.29, 1.82) is 0 Å². The summed E-state index contributed by atoms with van der Waals surface area (Å²) in [7, 11) is 1.44. The highest BCUT2D eigenvalue weighted by Crippen LogP contribution is 2.30. The molecule has 1 amide bonds. The van der Waals surface area contributed by atoms with Crippen LogP contribution in [0.5, 0.6) is 0 Å². The minimum atomic E-state index is -1.14. The summed E-state index contributed by atoms with van der Waals surface area (Å²) in [6.45, 7) is 3.54. The Morgan fingerprint density at radius 3 is 2.55 bits per heavy atom. The standard InChI is InChI=1S/C15H20N4O3/c1-10-13(22-2)15(21)19(14(10)20)12-8-11(16-9-17-12)18-6-4-3-5-7-18/h8-9,15,21H,3-7H2,1-2H3. The van der Waals surface area contributed by atoms with E-state index in [0.717, 1.165) is 31.7 Å². The normalized spacial score (nSPS) is 22.5. The molecule has 1 aromatic heterocycles. The lowest BCUT2D eigenvalue weighted by atomic mass is 10.1. The molecule has 0 bridgehead atoms. The average Bonchev–Trinajstić information content (AvgIpc) is 2.77. The zero-order valence-electron chi connectivity index (χ0n) is 12.8. The van der Waals surface area contributed by atoms with Crippen LogP contribution in [0.4, 0.5) is 11.6 Å². The van der Waals surface area contributed by atoms with Crippen molar-refractivity contribution < 1.29 is 14.6 Å². The molecule has 0 radical (unpaired) electrons. The molecule has 1 fully saturated rings. The molecular weight excluding hydrogens is 284 g/mol. The van der Waals surface area contributed by atoms with E-state index in [1.807, 2.05) is 0 Å². The van der Waals surface area contributed by atoms with E-state index in [9.17, 15) is 9.90 Å². The first kappa shape index (κ1) is 14.8. The maximum atomic E-state index is 12.3. The van der Waals surface area contributed by atoms with Gasteiger partial charge in [-0.25, -0.2) is 9.97 Å². The number of hydrogen-bond donors (Lipinski definition) is 1. The van der Waals surface area contributed by atoms with Crippen molar-refractivity contribution in [1.82, 2.24) is 9.97 Å². The van der Waals surface area contributed by atoms with Crippen LogP contribution in [-0.4, -0.2) is 47.4 Å². The zero-order valence-corrected chi connectivity index (χ0v) is 12.8. The fourth-order valence-electron chi connectivity index (χ4n) is 2.96. The Balaban J connectivity index is 1.88. The predicted octanol–water partition coefficient (Wildman–Crippen LogP) is 1.05. The largest absolute Gasteiger partial charge is 0.496 e. The number of rotatable bonds is 3. The number of hydrogen-bond acceptors (Lipinski definition) is 6. The lowest BCUT2D eigenvalue weighted by molar-refractivity contribution is -0.115. The van der Waals surface area contributed by atoms with Crippen molar-refractivity contribution in [2.75, 3.05) is 30.0 Å². The van der Waals surface area contributed by atoms with Gasteiger partial charge >= 0.3 is 0 Å². The van der Waals surface area contributed by atoms with Crippen molar-refractivity contribution in [3.05, 3.63) is 23.7 Å². The van der Waals surface area contributed by atoms with Gasteiger partial charge in [0.2, 0.25) is 0 Å². The Bertz CT molecular complexity index is 611. The second kappa shape index (κ2) is 5.92. The molecule has 2 aliphatic heterocycles.